The lowest BCUT2D eigenvalue weighted by Crippen LogP contribution is -2.34. The third kappa shape index (κ3) is 5.02. The number of thiophene rings is 1. The predicted octanol–water partition coefficient (Wildman–Crippen LogP) is 6.13. The van der Waals surface area contributed by atoms with E-state index >= 15 is 0 Å². The van der Waals surface area contributed by atoms with Crippen molar-refractivity contribution in [2.45, 2.75) is 45.6 Å². The molecule has 5 nitrogen and oxygen atoms in total. The molecule has 6 heteroatoms. The summed E-state index contributed by atoms with van der Waals surface area (Å²) in [5, 5.41) is 4.03. The van der Waals surface area contributed by atoms with Crippen LogP contribution in [0.25, 0.3) is 0 Å². The number of furan rings is 1. The van der Waals surface area contributed by atoms with Crippen molar-refractivity contribution in [2.75, 3.05) is 25.0 Å². The van der Waals surface area contributed by atoms with Gasteiger partial charge in [-0.25, -0.2) is 0 Å². The Bertz CT molecular complexity index is 973. The molecule has 3 aromatic rings. The van der Waals surface area contributed by atoms with Gasteiger partial charge in [-0.1, -0.05) is 25.5 Å². The standard InChI is InChI=1S/C25H30N2O3S/c1-3-20-17-21(25(31-20)26-24(28)22-9-8-16-30-22)23(27-14-6-5-7-15-27)18-10-12-19(13-11-18)29-4-2/h8-13,16-17,23H,3-7,14-15H2,1-2H3,(H,26,28)/t23-/m0/s1. The van der Waals surface area contributed by atoms with Gasteiger partial charge in [0.25, 0.3) is 5.91 Å². The molecule has 1 atom stereocenters. The molecule has 1 aliphatic rings. The molecule has 1 N–H and O–H groups in total. The van der Waals surface area contributed by atoms with E-state index in [0.717, 1.165) is 35.8 Å². The van der Waals surface area contributed by atoms with E-state index in [2.05, 4.69) is 35.3 Å². The highest BCUT2D eigenvalue weighted by Gasteiger charge is 2.28. The smallest absolute Gasteiger partial charge is 0.291 e. The number of amides is 1. The second-order valence-corrected chi connectivity index (χ2v) is 8.92. The number of anilines is 1. The molecule has 0 spiro atoms. The molecule has 0 unspecified atom stereocenters. The highest BCUT2D eigenvalue weighted by atomic mass is 32.1. The topological polar surface area (TPSA) is 54.7 Å². The number of benzene rings is 1. The van der Waals surface area contributed by atoms with E-state index in [1.165, 1.54) is 36.0 Å². The Balaban J connectivity index is 1.71. The van der Waals surface area contributed by atoms with Gasteiger partial charge in [-0.2, -0.15) is 0 Å². The fourth-order valence-electron chi connectivity index (χ4n) is 4.18. The maximum atomic E-state index is 12.7. The van der Waals surface area contributed by atoms with Crippen molar-refractivity contribution in [1.82, 2.24) is 4.90 Å². The maximum Gasteiger partial charge on any atom is 0.291 e. The largest absolute Gasteiger partial charge is 0.494 e. The Kier molecular flexibility index (Phi) is 7.10. The number of carbonyl (C=O) groups is 1. The van der Waals surface area contributed by atoms with Gasteiger partial charge in [0, 0.05) is 10.4 Å². The number of aryl methyl sites for hydroxylation is 1. The molecule has 0 bridgehead atoms. The summed E-state index contributed by atoms with van der Waals surface area (Å²) in [5.41, 5.74) is 2.38. The zero-order valence-corrected chi connectivity index (χ0v) is 19.0. The number of ether oxygens (including phenoxy) is 1. The zero-order valence-electron chi connectivity index (χ0n) is 18.2. The summed E-state index contributed by atoms with van der Waals surface area (Å²) in [6.07, 6.45) is 6.14. The Labute approximate surface area is 188 Å². The van der Waals surface area contributed by atoms with Crippen LogP contribution in [0.2, 0.25) is 0 Å². The minimum absolute atomic E-state index is 0.0967. The van der Waals surface area contributed by atoms with Crippen molar-refractivity contribution in [2.24, 2.45) is 0 Å². The highest BCUT2D eigenvalue weighted by molar-refractivity contribution is 7.16. The normalized spacial score (nSPS) is 15.5. The second kappa shape index (κ2) is 10.2. The lowest BCUT2D eigenvalue weighted by Gasteiger charge is -2.35. The van der Waals surface area contributed by atoms with Crippen LogP contribution in [0.5, 0.6) is 5.75 Å². The molecule has 1 fully saturated rings. The van der Waals surface area contributed by atoms with Gasteiger partial charge in [0.1, 0.15) is 10.8 Å². The molecule has 31 heavy (non-hydrogen) atoms. The second-order valence-electron chi connectivity index (χ2n) is 7.78. The number of hydrogen-bond acceptors (Lipinski definition) is 5. The third-order valence-corrected chi connectivity index (χ3v) is 6.90. The van der Waals surface area contributed by atoms with E-state index in [9.17, 15) is 4.79 Å². The summed E-state index contributed by atoms with van der Waals surface area (Å²) in [6, 6.07) is 14.2. The number of hydrogen-bond donors (Lipinski definition) is 1. The first-order valence-electron chi connectivity index (χ1n) is 11.1. The van der Waals surface area contributed by atoms with Gasteiger partial charge in [-0.15, -0.1) is 11.3 Å². The van der Waals surface area contributed by atoms with Gasteiger partial charge < -0.3 is 14.5 Å². The Morgan fingerprint density at radius 1 is 1.16 bits per heavy atom. The molecule has 2 aromatic heterocycles. The molecule has 0 radical (unpaired) electrons. The molecular weight excluding hydrogens is 408 g/mol. The van der Waals surface area contributed by atoms with Gasteiger partial charge in [-0.05, 0) is 75.2 Å². The van der Waals surface area contributed by atoms with Crippen LogP contribution < -0.4 is 10.1 Å². The van der Waals surface area contributed by atoms with Crippen LogP contribution >= 0.6 is 11.3 Å². The summed E-state index contributed by atoms with van der Waals surface area (Å²) in [5.74, 6) is 1.00. The maximum absolute atomic E-state index is 12.7. The predicted molar refractivity (Wildman–Crippen MR) is 125 cm³/mol. The van der Waals surface area contributed by atoms with Gasteiger partial charge in [0.15, 0.2) is 5.76 Å². The lowest BCUT2D eigenvalue weighted by atomic mass is 9.95. The number of nitrogens with zero attached hydrogens (tertiary/aromatic N) is 1. The van der Waals surface area contributed by atoms with Crippen LogP contribution in [0, 0.1) is 0 Å². The average molecular weight is 439 g/mol. The number of likely N-dealkylation sites (tertiary alicyclic amines) is 1. The van der Waals surface area contributed by atoms with E-state index in [1.54, 1.807) is 23.5 Å². The van der Waals surface area contributed by atoms with Crippen molar-refractivity contribution in [3.8, 4) is 5.75 Å². The first-order chi connectivity index (χ1) is 15.2. The van der Waals surface area contributed by atoms with Crippen molar-refractivity contribution < 1.29 is 13.9 Å². The minimum Gasteiger partial charge on any atom is -0.494 e. The SMILES string of the molecule is CCOc1ccc([C@@H](c2cc(CC)sc2NC(=O)c2ccco2)N2CCCCC2)cc1. The first kappa shape index (κ1) is 21.7. The van der Waals surface area contributed by atoms with Gasteiger partial charge in [-0.3, -0.25) is 9.69 Å². The van der Waals surface area contributed by atoms with E-state index in [-0.39, 0.29) is 11.9 Å². The Hall–Kier alpha value is -2.57. The molecule has 0 aliphatic carbocycles. The van der Waals surface area contributed by atoms with Gasteiger partial charge >= 0.3 is 0 Å². The Morgan fingerprint density at radius 2 is 1.94 bits per heavy atom. The summed E-state index contributed by atoms with van der Waals surface area (Å²) in [7, 11) is 0. The molecule has 1 aliphatic heterocycles. The van der Waals surface area contributed by atoms with Crippen LogP contribution in [-0.4, -0.2) is 30.5 Å². The molecule has 3 heterocycles. The molecular formula is C25H30N2O3S. The zero-order chi connectivity index (χ0) is 21.6. The fraction of sp³-hybridized carbons (Fsp3) is 0.400. The van der Waals surface area contributed by atoms with Crippen molar-refractivity contribution in [3.05, 3.63) is 70.5 Å². The van der Waals surface area contributed by atoms with Crippen LogP contribution in [0.4, 0.5) is 5.00 Å². The number of rotatable bonds is 8. The van der Waals surface area contributed by atoms with Crippen LogP contribution in [0.3, 0.4) is 0 Å². The fourth-order valence-corrected chi connectivity index (χ4v) is 5.21. The molecule has 1 amide bonds. The van der Waals surface area contributed by atoms with E-state index in [0.29, 0.717) is 12.4 Å². The summed E-state index contributed by atoms with van der Waals surface area (Å²) < 4.78 is 11.0. The van der Waals surface area contributed by atoms with Crippen molar-refractivity contribution in [3.63, 3.8) is 0 Å². The van der Waals surface area contributed by atoms with E-state index in [4.69, 9.17) is 9.15 Å². The van der Waals surface area contributed by atoms with Gasteiger partial charge in [0.05, 0.1) is 18.9 Å². The first-order valence-corrected chi connectivity index (χ1v) is 12.0. The number of piperidine rings is 1. The minimum atomic E-state index is -0.208. The number of nitrogens with one attached hydrogen (secondary N) is 1. The monoisotopic (exact) mass is 438 g/mol. The average Bonchev–Trinajstić information content (AvgIpc) is 3.47. The van der Waals surface area contributed by atoms with Crippen molar-refractivity contribution >= 4 is 22.2 Å². The molecule has 1 saturated heterocycles. The van der Waals surface area contributed by atoms with Crippen molar-refractivity contribution in [1.29, 1.82) is 0 Å². The summed E-state index contributed by atoms with van der Waals surface area (Å²) >= 11 is 1.66. The van der Waals surface area contributed by atoms with Crippen LogP contribution in [-0.2, 0) is 6.42 Å². The quantitative estimate of drug-likeness (QED) is 0.460. The summed E-state index contributed by atoms with van der Waals surface area (Å²) in [4.78, 5) is 16.6. The molecule has 164 valence electrons. The van der Waals surface area contributed by atoms with Gasteiger partial charge in [0.2, 0.25) is 0 Å². The van der Waals surface area contributed by atoms with Crippen LogP contribution in [0.1, 0.15) is 65.7 Å². The molecule has 1 aromatic carbocycles. The highest BCUT2D eigenvalue weighted by Crippen LogP contribution is 2.41. The van der Waals surface area contributed by atoms with E-state index < -0.39 is 0 Å². The summed E-state index contributed by atoms with van der Waals surface area (Å²) in [6.45, 7) is 6.92. The number of carbonyl (C=O) groups excluding carboxylic acids is 1. The lowest BCUT2D eigenvalue weighted by molar-refractivity contribution is 0.0996. The third-order valence-electron chi connectivity index (χ3n) is 5.69. The van der Waals surface area contributed by atoms with E-state index in [1.807, 2.05) is 19.1 Å². The molecule has 0 saturated carbocycles. The molecule has 4 rings (SSSR count). The van der Waals surface area contributed by atoms with Crippen LogP contribution in [0.15, 0.2) is 53.1 Å². The Morgan fingerprint density at radius 3 is 2.58 bits per heavy atom.